The number of aryl methyl sites for hydroxylation is 1. The second kappa shape index (κ2) is 9.66. The van der Waals surface area contributed by atoms with Gasteiger partial charge in [0.2, 0.25) is 0 Å². The Hall–Kier alpha value is -3.33. The van der Waals surface area contributed by atoms with Crippen LogP contribution in [0.15, 0.2) is 54.6 Å². The van der Waals surface area contributed by atoms with E-state index < -0.39 is 9.84 Å². The summed E-state index contributed by atoms with van der Waals surface area (Å²) in [6, 6.07) is 16.5. The molecule has 9 heteroatoms. The highest BCUT2D eigenvalue weighted by Crippen LogP contribution is 2.30. The first-order chi connectivity index (χ1) is 15.8. The van der Waals surface area contributed by atoms with Crippen molar-refractivity contribution in [3.05, 3.63) is 65.9 Å². The van der Waals surface area contributed by atoms with Crippen LogP contribution in [0.2, 0.25) is 0 Å². The van der Waals surface area contributed by atoms with Crippen LogP contribution >= 0.6 is 0 Å². The molecule has 1 saturated heterocycles. The van der Waals surface area contributed by atoms with Crippen LogP contribution in [0.4, 0.5) is 0 Å². The summed E-state index contributed by atoms with van der Waals surface area (Å²) in [7, 11) is -1.49. The number of rotatable bonds is 8. The zero-order chi connectivity index (χ0) is 23.4. The van der Waals surface area contributed by atoms with Crippen molar-refractivity contribution in [2.45, 2.75) is 19.4 Å². The molecule has 0 bridgehead atoms. The molecule has 0 saturated carbocycles. The van der Waals surface area contributed by atoms with Crippen molar-refractivity contribution in [2.24, 2.45) is 0 Å². The molecule has 8 nitrogen and oxygen atoms in total. The number of carbonyl (C=O) groups is 1. The van der Waals surface area contributed by atoms with Gasteiger partial charge in [0.05, 0.1) is 36.9 Å². The molecular weight excluding hydrogens is 442 g/mol. The van der Waals surface area contributed by atoms with E-state index in [1.807, 2.05) is 31.2 Å². The molecule has 1 fully saturated rings. The van der Waals surface area contributed by atoms with E-state index in [0.717, 1.165) is 22.6 Å². The van der Waals surface area contributed by atoms with E-state index in [0.29, 0.717) is 25.3 Å². The summed E-state index contributed by atoms with van der Waals surface area (Å²) in [4.78, 5) is 12.8. The van der Waals surface area contributed by atoms with Gasteiger partial charge in [-0.15, -0.1) is 0 Å². The maximum Gasteiger partial charge on any atom is 0.271 e. The first-order valence-corrected chi connectivity index (χ1v) is 12.6. The fourth-order valence-electron chi connectivity index (χ4n) is 3.79. The van der Waals surface area contributed by atoms with Crippen LogP contribution in [0.1, 0.15) is 28.5 Å². The third kappa shape index (κ3) is 5.54. The second-order valence-electron chi connectivity index (χ2n) is 8.06. The highest BCUT2D eigenvalue weighted by molar-refractivity contribution is 7.91. The molecule has 1 aliphatic rings. The Bertz CT molecular complexity index is 1220. The van der Waals surface area contributed by atoms with Gasteiger partial charge in [0.1, 0.15) is 18.1 Å². The third-order valence-corrected chi connectivity index (χ3v) is 7.34. The summed E-state index contributed by atoms with van der Waals surface area (Å²) in [6.45, 7) is 2.59. The van der Waals surface area contributed by atoms with Gasteiger partial charge < -0.3 is 14.8 Å². The molecule has 3 aromatic rings. The van der Waals surface area contributed by atoms with Gasteiger partial charge >= 0.3 is 0 Å². The Morgan fingerprint density at radius 2 is 1.82 bits per heavy atom. The third-order valence-electron chi connectivity index (χ3n) is 5.59. The van der Waals surface area contributed by atoms with E-state index in [2.05, 4.69) is 10.4 Å². The van der Waals surface area contributed by atoms with Gasteiger partial charge in [-0.2, -0.15) is 5.10 Å². The number of carbonyl (C=O) groups excluding carboxylic acids is 1. The molecule has 1 N–H and O–H groups in total. The standard InChI is InChI=1S/C24H27N3O5S/c1-17-3-5-18(6-4-17)23-15-22(26-27(23)19-11-14-33(29,30)16-19)24(28)25-12-13-32-21-9-7-20(31-2)8-10-21/h3-10,15,19H,11-14,16H2,1-2H3,(H,25,28)/t19-/m0/s1. The molecule has 1 atom stereocenters. The van der Waals surface area contributed by atoms with Crippen LogP contribution < -0.4 is 14.8 Å². The van der Waals surface area contributed by atoms with Crippen molar-refractivity contribution in [2.75, 3.05) is 31.8 Å². The maximum absolute atomic E-state index is 12.8. The van der Waals surface area contributed by atoms with E-state index in [9.17, 15) is 13.2 Å². The van der Waals surface area contributed by atoms with Gasteiger partial charge in [0.15, 0.2) is 15.5 Å². The maximum atomic E-state index is 12.8. The van der Waals surface area contributed by atoms with E-state index in [1.54, 1.807) is 42.1 Å². The number of hydrogen-bond donors (Lipinski definition) is 1. The van der Waals surface area contributed by atoms with E-state index in [4.69, 9.17) is 9.47 Å². The Kier molecular flexibility index (Phi) is 6.69. The number of sulfone groups is 1. The van der Waals surface area contributed by atoms with E-state index >= 15 is 0 Å². The monoisotopic (exact) mass is 469 g/mol. The SMILES string of the molecule is COc1ccc(OCCNC(=O)c2cc(-c3ccc(C)cc3)n([C@H]3CCS(=O)(=O)C3)n2)cc1. The molecule has 2 heterocycles. The van der Waals surface area contributed by atoms with Crippen LogP contribution in [-0.2, 0) is 9.84 Å². The minimum atomic E-state index is -3.09. The fraction of sp³-hybridized carbons (Fsp3) is 0.333. The minimum absolute atomic E-state index is 0.0320. The predicted molar refractivity (Wildman–Crippen MR) is 126 cm³/mol. The van der Waals surface area contributed by atoms with E-state index in [1.165, 1.54) is 0 Å². The number of benzene rings is 2. The smallest absolute Gasteiger partial charge is 0.271 e. The van der Waals surface area contributed by atoms with E-state index in [-0.39, 0.29) is 29.1 Å². The lowest BCUT2D eigenvalue weighted by Crippen LogP contribution is -2.28. The molecule has 4 rings (SSSR count). The molecule has 0 spiro atoms. The highest BCUT2D eigenvalue weighted by Gasteiger charge is 2.32. The summed E-state index contributed by atoms with van der Waals surface area (Å²) >= 11 is 0. The van der Waals surface area contributed by atoms with Crippen LogP contribution in [0.3, 0.4) is 0 Å². The van der Waals surface area contributed by atoms with Crippen LogP contribution in [-0.4, -0.2) is 55.9 Å². The number of hydrogen-bond acceptors (Lipinski definition) is 6. The molecule has 1 amide bonds. The van der Waals surface area contributed by atoms with Crippen molar-refractivity contribution >= 4 is 15.7 Å². The number of nitrogens with one attached hydrogen (secondary N) is 1. The second-order valence-corrected chi connectivity index (χ2v) is 10.3. The average Bonchev–Trinajstić information content (AvgIpc) is 3.41. The van der Waals surface area contributed by atoms with Crippen molar-refractivity contribution in [1.29, 1.82) is 0 Å². The molecule has 1 aromatic heterocycles. The van der Waals surface area contributed by atoms with Crippen LogP contribution in [0.25, 0.3) is 11.3 Å². The average molecular weight is 470 g/mol. The normalized spacial score (nSPS) is 17.0. The van der Waals surface area contributed by atoms with Crippen LogP contribution in [0, 0.1) is 6.92 Å². The molecule has 1 aliphatic heterocycles. The lowest BCUT2D eigenvalue weighted by atomic mass is 10.1. The zero-order valence-electron chi connectivity index (χ0n) is 18.7. The number of methoxy groups -OCH3 is 1. The summed E-state index contributed by atoms with van der Waals surface area (Å²) in [5, 5.41) is 7.31. The number of ether oxygens (including phenoxy) is 2. The van der Waals surface area contributed by atoms with Crippen LogP contribution in [0.5, 0.6) is 11.5 Å². The minimum Gasteiger partial charge on any atom is -0.497 e. The number of aromatic nitrogens is 2. The first-order valence-electron chi connectivity index (χ1n) is 10.8. The molecule has 174 valence electrons. The topological polar surface area (TPSA) is 99.5 Å². The molecule has 2 aromatic carbocycles. The Balaban J connectivity index is 1.45. The Labute approximate surface area is 193 Å². The van der Waals surface area contributed by atoms with Gasteiger partial charge in [-0.1, -0.05) is 29.8 Å². The Morgan fingerprint density at radius 3 is 2.45 bits per heavy atom. The van der Waals surface area contributed by atoms with Gasteiger partial charge in [-0.25, -0.2) is 8.42 Å². The summed E-state index contributed by atoms with van der Waals surface area (Å²) in [5.41, 5.74) is 2.98. The lowest BCUT2D eigenvalue weighted by Gasteiger charge is -2.13. The number of nitrogens with zero attached hydrogens (tertiary/aromatic N) is 2. The zero-order valence-corrected chi connectivity index (χ0v) is 19.5. The van der Waals surface area contributed by atoms with Crippen molar-refractivity contribution in [3.63, 3.8) is 0 Å². The number of amides is 1. The van der Waals surface area contributed by atoms with Crippen molar-refractivity contribution in [1.82, 2.24) is 15.1 Å². The van der Waals surface area contributed by atoms with Gasteiger partial charge in [0.25, 0.3) is 5.91 Å². The summed E-state index contributed by atoms with van der Waals surface area (Å²) < 4.78 is 36.5. The van der Waals surface area contributed by atoms with Gasteiger partial charge in [-0.05, 0) is 49.2 Å². The van der Waals surface area contributed by atoms with Crippen molar-refractivity contribution < 1.29 is 22.7 Å². The van der Waals surface area contributed by atoms with Gasteiger partial charge in [0, 0.05) is 0 Å². The lowest BCUT2D eigenvalue weighted by molar-refractivity contribution is 0.0941. The Morgan fingerprint density at radius 1 is 1.12 bits per heavy atom. The molecule has 0 aliphatic carbocycles. The quantitative estimate of drug-likeness (QED) is 0.509. The van der Waals surface area contributed by atoms with Crippen molar-refractivity contribution in [3.8, 4) is 22.8 Å². The molecule has 0 unspecified atom stereocenters. The largest absolute Gasteiger partial charge is 0.497 e. The molecule has 0 radical (unpaired) electrons. The molecule has 33 heavy (non-hydrogen) atoms. The predicted octanol–water partition coefficient (Wildman–Crippen LogP) is 3.04. The fourth-order valence-corrected chi connectivity index (χ4v) is 5.48. The summed E-state index contributed by atoms with van der Waals surface area (Å²) in [6.07, 6.45) is 0.486. The first kappa shape index (κ1) is 22.8. The summed E-state index contributed by atoms with van der Waals surface area (Å²) in [5.74, 6) is 1.25. The molecular formula is C24H27N3O5S. The van der Waals surface area contributed by atoms with Gasteiger partial charge in [-0.3, -0.25) is 9.48 Å². The highest BCUT2D eigenvalue weighted by atomic mass is 32.2.